The first-order valence-electron chi connectivity index (χ1n) is 31.6. The third-order valence-electron chi connectivity index (χ3n) is 20.3. The van der Waals surface area contributed by atoms with Gasteiger partial charge in [0.25, 0.3) is 11.8 Å². The van der Waals surface area contributed by atoms with Crippen LogP contribution in [0, 0.1) is 23.7 Å². The molecule has 0 aromatic heterocycles. The average molecular weight is 1310 g/mol. The number of anilines is 2. The van der Waals surface area contributed by atoms with Crippen molar-refractivity contribution >= 4 is 78.3 Å². The summed E-state index contributed by atoms with van der Waals surface area (Å²) in [5, 5.41) is -1.37. The lowest BCUT2D eigenvalue weighted by Crippen LogP contribution is -2.49. The Morgan fingerprint density at radius 3 is 1.36 bits per heavy atom. The van der Waals surface area contributed by atoms with Gasteiger partial charge in [0.05, 0.1) is 36.8 Å². The number of halogens is 2. The first-order chi connectivity index (χ1) is 43.0. The van der Waals surface area contributed by atoms with Crippen molar-refractivity contribution in [3.63, 3.8) is 0 Å². The predicted molar refractivity (Wildman–Crippen MR) is 349 cm³/mol. The van der Waals surface area contributed by atoms with E-state index in [2.05, 4.69) is 43.5 Å². The fraction of sp³-hybridized carbons (Fsp3) is 0.529. The molecule has 18 nitrogen and oxygen atoms in total. The number of nitrogens with zero attached hydrogens (tertiary/aromatic N) is 4. The van der Waals surface area contributed by atoms with E-state index < -0.39 is 54.2 Å². The van der Waals surface area contributed by atoms with Gasteiger partial charge in [-0.25, -0.2) is 26.3 Å². The highest BCUT2D eigenvalue weighted by Crippen LogP contribution is 2.50. The third-order valence-corrected chi connectivity index (χ3v) is 24.1. The van der Waals surface area contributed by atoms with E-state index in [1.807, 2.05) is 36.4 Å². The molecular formula is C68H84Cl2N6O12S2. The number of hydrogen-bond acceptors (Lipinski definition) is 14. The van der Waals surface area contributed by atoms with Crippen molar-refractivity contribution in [2.75, 3.05) is 91.6 Å². The number of benzene rings is 4. The van der Waals surface area contributed by atoms with Gasteiger partial charge < -0.3 is 38.5 Å². The first-order valence-corrected chi connectivity index (χ1v) is 35.4. The van der Waals surface area contributed by atoms with Crippen molar-refractivity contribution in [3.05, 3.63) is 141 Å². The molecule has 10 atom stereocenters. The maximum absolute atomic E-state index is 13.5. The minimum Gasteiger partial charge on any atom is -0.490 e. The van der Waals surface area contributed by atoms with E-state index >= 15 is 0 Å². The third kappa shape index (κ3) is 13.4. The Morgan fingerprint density at radius 2 is 0.989 bits per heavy atom. The molecule has 0 radical (unpaired) electrons. The summed E-state index contributed by atoms with van der Waals surface area (Å²) in [5.74, 6) is -0.0925. The highest BCUT2D eigenvalue weighted by Gasteiger charge is 2.48. The fourth-order valence-electron chi connectivity index (χ4n) is 15.3. The second-order valence-electron chi connectivity index (χ2n) is 26.4. The molecule has 2 fully saturated rings. The van der Waals surface area contributed by atoms with Crippen LogP contribution >= 0.6 is 23.2 Å². The van der Waals surface area contributed by atoms with Crippen molar-refractivity contribution in [3.8, 4) is 11.5 Å². The number of fused-ring (bicyclic) bond motifs is 8. The monoisotopic (exact) mass is 1310 g/mol. The zero-order valence-corrected chi connectivity index (χ0v) is 55.4. The Balaban J connectivity index is 0.000000185. The zero-order chi connectivity index (χ0) is 63.9. The van der Waals surface area contributed by atoms with Gasteiger partial charge in [-0.3, -0.25) is 19.2 Å². The van der Waals surface area contributed by atoms with Crippen molar-refractivity contribution in [1.82, 2.24) is 19.2 Å². The number of hydrogen-bond donors (Lipinski definition) is 2. The summed E-state index contributed by atoms with van der Waals surface area (Å²) in [7, 11) is 0.806. The number of ether oxygens (including phenoxy) is 4. The summed E-state index contributed by atoms with van der Waals surface area (Å²) in [5.41, 5.74) is 6.37. The Labute approximate surface area is 540 Å². The van der Waals surface area contributed by atoms with Crippen LogP contribution in [0.3, 0.4) is 0 Å². The molecule has 4 aliphatic carbocycles. The smallest absolute Gasteiger partial charge is 0.264 e. The SMILES string of the molecule is CO[C@H]1/C=C/CC[C@@H](C(=O)N(C)C)S(=O)(=O)NC(=O)c2ccc3c(c2)N(C[C@@H]2CC[C@H]21)C[C@@]1(CCCc2cc(Cl)ccc21)CO3.CO[C@H]1/C=C/CC[C@H](C(=O)N(C)C)S(=O)(=O)NC(=O)c2ccc3c(c2)N(C[C@@H]2CC[C@H]21)C[C@@]1(CCCc2cc(Cl)ccc21)CO3. The van der Waals surface area contributed by atoms with Crippen LogP contribution in [0.25, 0.3) is 0 Å². The number of rotatable bonds is 4. The summed E-state index contributed by atoms with van der Waals surface area (Å²) in [6.45, 7) is 3.85. The van der Waals surface area contributed by atoms with Crippen LogP contribution in [0.5, 0.6) is 11.5 Å². The van der Waals surface area contributed by atoms with E-state index in [0.717, 1.165) is 98.7 Å². The van der Waals surface area contributed by atoms with Gasteiger partial charge >= 0.3 is 0 Å². The molecule has 4 aromatic carbocycles. The maximum Gasteiger partial charge on any atom is 0.264 e. The van der Waals surface area contributed by atoms with E-state index in [9.17, 15) is 36.0 Å². The molecule has 2 saturated carbocycles. The summed E-state index contributed by atoms with van der Waals surface area (Å²) in [6, 6.07) is 22.5. The Hall–Kier alpha value is -6.16. The number of carbonyl (C=O) groups is 4. The number of nitrogens with one attached hydrogen (secondary N) is 2. The van der Waals surface area contributed by atoms with Crippen molar-refractivity contribution < 1.29 is 55.0 Å². The van der Waals surface area contributed by atoms with Gasteiger partial charge in [-0.05, 0) is 196 Å². The first kappa shape index (κ1) is 65.3. The topological polar surface area (TPSA) is 210 Å². The lowest BCUT2D eigenvalue weighted by molar-refractivity contribution is -0.129. The van der Waals surface area contributed by atoms with Crippen LogP contribution in [0.15, 0.2) is 97.1 Å². The minimum absolute atomic E-state index is 0.0429. The second-order valence-corrected chi connectivity index (χ2v) is 31.0. The molecule has 90 heavy (non-hydrogen) atoms. The molecule has 8 aliphatic rings. The van der Waals surface area contributed by atoms with Gasteiger partial charge in [-0.1, -0.05) is 59.6 Å². The van der Waals surface area contributed by atoms with E-state index in [-0.39, 0.29) is 58.8 Å². The summed E-state index contributed by atoms with van der Waals surface area (Å²) in [6.07, 6.45) is 18.4. The number of amides is 4. The molecule has 4 amide bonds. The number of methoxy groups -OCH3 is 2. The van der Waals surface area contributed by atoms with Gasteiger partial charge in [-0.15, -0.1) is 0 Å². The quantitative estimate of drug-likeness (QED) is 0.182. The van der Waals surface area contributed by atoms with E-state index in [1.54, 1.807) is 50.6 Å². The van der Waals surface area contributed by atoms with Crippen LogP contribution < -0.4 is 28.7 Å². The van der Waals surface area contributed by atoms with Gasteiger partial charge in [0.1, 0.15) is 11.5 Å². The molecule has 4 aromatic rings. The summed E-state index contributed by atoms with van der Waals surface area (Å²) >= 11 is 12.8. The van der Waals surface area contributed by atoms with Crippen molar-refractivity contribution in [2.45, 2.75) is 123 Å². The standard InChI is InChI=1S/2C34H42ClN3O6S/c2*1-37(2)33(40)31-9-5-4-8-29(43-3)26-13-10-24(26)19-38-20-34(16-6-7-22-17-25(35)12-14-27(22)34)21-44-30-15-11-23(18-28(30)38)32(39)36-45(31,41)42/h2*4,8,11-12,14-15,17-18,24,26,29,31H,5-7,9-10,13,16,19-21H2,1-3H3,(H,36,39)/b2*8-4+/t24-,26+,29-,31+,34-;24-,26+,29-,31-,34-/m00/s1. The highest BCUT2D eigenvalue weighted by molar-refractivity contribution is 7.91. The van der Waals surface area contributed by atoms with Crippen LogP contribution in [0.2, 0.25) is 10.0 Å². The molecule has 12 rings (SSSR count). The number of allylic oxidation sites excluding steroid dienone is 2. The number of aryl methyl sites for hydroxylation is 2. The summed E-state index contributed by atoms with van der Waals surface area (Å²) in [4.78, 5) is 60.2. The van der Waals surface area contributed by atoms with Crippen molar-refractivity contribution in [2.24, 2.45) is 23.7 Å². The van der Waals surface area contributed by atoms with E-state index in [0.29, 0.717) is 62.5 Å². The molecule has 22 heteroatoms. The number of carbonyl (C=O) groups excluding carboxylic acids is 4. The predicted octanol–water partition coefficient (Wildman–Crippen LogP) is 9.44. The zero-order valence-electron chi connectivity index (χ0n) is 52.3. The molecule has 4 aliphatic heterocycles. The molecular weight excluding hydrogens is 1230 g/mol. The fourth-order valence-corrected chi connectivity index (χ4v) is 18.5. The second kappa shape index (κ2) is 26.8. The molecule has 4 heterocycles. The number of sulfonamides is 2. The van der Waals surface area contributed by atoms with E-state index in [4.69, 9.17) is 42.1 Å². The Kier molecular flexibility index (Phi) is 19.5. The van der Waals surface area contributed by atoms with Gasteiger partial charge in [-0.2, -0.15) is 0 Å². The van der Waals surface area contributed by atoms with Gasteiger partial charge in [0.15, 0.2) is 10.5 Å². The lowest BCUT2D eigenvalue weighted by atomic mass is 9.68. The Morgan fingerprint density at radius 1 is 0.578 bits per heavy atom. The van der Waals surface area contributed by atoms with Gasteiger partial charge in [0.2, 0.25) is 31.9 Å². The van der Waals surface area contributed by atoms with Crippen LogP contribution in [-0.4, -0.2) is 155 Å². The summed E-state index contributed by atoms with van der Waals surface area (Å²) < 4.78 is 83.4. The molecule has 0 unspecified atom stereocenters. The van der Waals surface area contributed by atoms with E-state index in [1.165, 1.54) is 60.2 Å². The largest absolute Gasteiger partial charge is 0.490 e. The molecule has 2 spiro atoms. The van der Waals surface area contributed by atoms with Crippen LogP contribution in [0.4, 0.5) is 11.4 Å². The maximum atomic E-state index is 13.5. The molecule has 4 bridgehead atoms. The lowest BCUT2D eigenvalue weighted by Gasteiger charge is -2.46. The molecule has 0 saturated heterocycles. The average Bonchev–Trinajstić information content (AvgIpc) is 1.46. The minimum atomic E-state index is -4.33. The Bertz CT molecular complexity index is 3460. The van der Waals surface area contributed by atoms with Crippen molar-refractivity contribution in [1.29, 1.82) is 0 Å². The molecule has 2 N–H and O–H groups in total. The van der Waals surface area contributed by atoms with Crippen LogP contribution in [0.1, 0.15) is 120 Å². The highest BCUT2D eigenvalue weighted by atomic mass is 35.5. The van der Waals surface area contributed by atoms with Gasteiger partial charge in [0, 0.05) is 101 Å². The normalized spacial score (nSPS) is 30.0. The molecule has 484 valence electrons. The van der Waals surface area contributed by atoms with Crippen LogP contribution in [-0.2, 0) is 62.8 Å².